The largest absolute Gasteiger partial charge is 0.495 e. The van der Waals surface area contributed by atoms with Crippen LogP contribution in [-0.4, -0.2) is 62.0 Å². The number of aryl methyl sites for hydroxylation is 1. The Kier molecular flexibility index (Phi) is 9.42. The lowest BCUT2D eigenvalue weighted by molar-refractivity contribution is 0.0664. The fourth-order valence-electron chi connectivity index (χ4n) is 3.20. The molecule has 0 aliphatic carbocycles. The minimum atomic E-state index is -0.299. The summed E-state index contributed by atoms with van der Waals surface area (Å²) in [7, 11) is 3.57. The molecule has 0 saturated carbocycles. The average molecular weight is 455 g/mol. The zero-order chi connectivity index (χ0) is 20.3. The number of hydrogen-bond acceptors (Lipinski definition) is 5. The van der Waals surface area contributed by atoms with E-state index in [1.165, 1.54) is 7.11 Å². The Balaban J connectivity index is 0.00000225. The molecule has 2 aromatic rings. The first-order valence-corrected chi connectivity index (χ1v) is 9.22. The van der Waals surface area contributed by atoms with Gasteiger partial charge in [-0.2, -0.15) is 0 Å². The molecular weight excluding hydrogens is 427 g/mol. The molecule has 2 aromatic carbocycles. The van der Waals surface area contributed by atoms with E-state index in [0.29, 0.717) is 41.3 Å². The molecule has 0 bridgehead atoms. The molecule has 0 aromatic heterocycles. The SMILES string of the molecule is COc1ccc(C(=O)N2CCN(C)CC2)cc1NC(=O)c1cc(N)ccc1C.Cl.Cl. The van der Waals surface area contributed by atoms with Gasteiger partial charge in [0.05, 0.1) is 12.8 Å². The third kappa shape index (κ3) is 5.78. The first kappa shape index (κ1) is 25.6. The average Bonchev–Trinajstić information content (AvgIpc) is 2.69. The number of amides is 2. The van der Waals surface area contributed by atoms with Gasteiger partial charge < -0.3 is 25.6 Å². The number of carbonyl (C=O) groups excluding carboxylic acids is 2. The Labute approximate surface area is 189 Å². The summed E-state index contributed by atoms with van der Waals surface area (Å²) in [6.45, 7) is 4.91. The standard InChI is InChI=1S/C21H26N4O3.2ClH/c1-14-4-6-16(22)13-17(14)20(26)23-18-12-15(5-7-19(18)28-3)21(27)25-10-8-24(2)9-11-25;;/h4-7,12-13H,8-11,22H2,1-3H3,(H,23,26);2*1H. The molecule has 164 valence electrons. The van der Waals surface area contributed by atoms with Crippen molar-refractivity contribution in [3.63, 3.8) is 0 Å². The van der Waals surface area contributed by atoms with Gasteiger partial charge >= 0.3 is 0 Å². The van der Waals surface area contributed by atoms with Crippen molar-refractivity contribution in [3.05, 3.63) is 53.1 Å². The molecule has 9 heteroatoms. The number of anilines is 2. The number of rotatable bonds is 4. The monoisotopic (exact) mass is 454 g/mol. The van der Waals surface area contributed by atoms with Gasteiger partial charge in [0, 0.05) is 43.0 Å². The molecule has 3 N–H and O–H groups in total. The molecule has 3 rings (SSSR count). The summed E-state index contributed by atoms with van der Waals surface area (Å²) < 4.78 is 5.36. The maximum absolute atomic E-state index is 12.9. The van der Waals surface area contributed by atoms with E-state index in [0.717, 1.165) is 18.7 Å². The summed E-state index contributed by atoms with van der Waals surface area (Å²) in [6, 6.07) is 10.3. The summed E-state index contributed by atoms with van der Waals surface area (Å²) in [4.78, 5) is 29.6. The number of halogens is 2. The van der Waals surface area contributed by atoms with Crippen LogP contribution in [-0.2, 0) is 0 Å². The number of nitrogens with one attached hydrogen (secondary N) is 1. The van der Waals surface area contributed by atoms with Gasteiger partial charge in [0.25, 0.3) is 11.8 Å². The summed E-state index contributed by atoms with van der Waals surface area (Å²) in [5.41, 5.74) is 8.60. The second kappa shape index (κ2) is 11.1. The fourth-order valence-corrected chi connectivity index (χ4v) is 3.20. The number of carbonyl (C=O) groups is 2. The predicted octanol–water partition coefficient (Wildman–Crippen LogP) is 3.07. The van der Waals surface area contributed by atoms with Gasteiger partial charge in [-0.3, -0.25) is 9.59 Å². The van der Waals surface area contributed by atoms with Crippen LogP contribution in [0.25, 0.3) is 0 Å². The van der Waals surface area contributed by atoms with Gasteiger partial charge in [-0.15, -0.1) is 24.8 Å². The van der Waals surface area contributed by atoms with E-state index >= 15 is 0 Å². The first-order chi connectivity index (χ1) is 13.4. The van der Waals surface area contributed by atoms with Crippen molar-refractivity contribution in [1.82, 2.24) is 9.80 Å². The van der Waals surface area contributed by atoms with E-state index in [1.54, 1.807) is 36.4 Å². The zero-order valence-electron chi connectivity index (χ0n) is 17.3. The van der Waals surface area contributed by atoms with Crippen LogP contribution in [0.2, 0.25) is 0 Å². The molecule has 2 amide bonds. The van der Waals surface area contributed by atoms with E-state index in [-0.39, 0.29) is 36.6 Å². The van der Waals surface area contributed by atoms with Crippen LogP contribution in [0.4, 0.5) is 11.4 Å². The van der Waals surface area contributed by atoms with Gasteiger partial charge in [0.15, 0.2) is 0 Å². The van der Waals surface area contributed by atoms with Crippen molar-refractivity contribution >= 4 is 48.0 Å². The second-order valence-corrected chi connectivity index (χ2v) is 7.04. The smallest absolute Gasteiger partial charge is 0.256 e. The number of ether oxygens (including phenoxy) is 1. The van der Waals surface area contributed by atoms with Crippen LogP contribution in [0.5, 0.6) is 5.75 Å². The molecule has 1 fully saturated rings. The highest BCUT2D eigenvalue weighted by molar-refractivity contribution is 6.07. The highest BCUT2D eigenvalue weighted by atomic mass is 35.5. The normalized spacial score (nSPS) is 13.6. The molecule has 1 heterocycles. The highest BCUT2D eigenvalue weighted by Gasteiger charge is 2.22. The number of nitrogen functional groups attached to an aromatic ring is 1. The molecular formula is C21H28Cl2N4O3. The van der Waals surface area contributed by atoms with Crippen LogP contribution in [0.1, 0.15) is 26.3 Å². The minimum absolute atomic E-state index is 0. The lowest BCUT2D eigenvalue weighted by atomic mass is 10.1. The quantitative estimate of drug-likeness (QED) is 0.692. The van der Waals surface area contributed by atoms with Crippen molar-refractivity contribution in [1.29, 1.82) is 0 Å². The number of likely N-dealkylation sites (N-methyl/N-ethyl adjacent to an activating group) is 1. The Hall–Kier alpha value is -2.48. The molecule has 0 atom stereocenters. The molecule has 0 radical (unpaired) electrons. The third-order valence-electron chi connectivity index (χ3n) is 4.99. The lowest BCUT2D eigenvalue weighted by Crippen LogP contribution is -2.47. The Morgan fingerprint density at radius 1 is 1.03 bits per heavy atom. The molecule has 7 nitrogen and oxygen atoms in total. The second-order valence-electron chi connectivity index (χ2n) is 7.04. The van der Waals surface area contributed by atoms with E-state index in [9.17, 15) is 9.59 Å². The number of methoxy groups -OCH3 is 1. The summed E-state index contributed by atoms with van der Waals surface area (Å²) in [5, 5.41) is 2.85. The zero-order valence-corrected chi connectivity index (χ0v) is 18.9. The lowest BCUT2D eigenvalue weighted by Gasteiger charge is -2.32. The van der Waals surface area contributed by atoms with Crippen molar-refractivity contribution < 1.29 is 14.3 Å². The maximum atomic E-state index is 12.9. The molecule has 1 aliphatic heterocycles. The van der Waals surface area contributed by atoms with E-state index < -0.39 is 0 Å². The predicted molar refractivity (Wildman–Crippen MR) is 124 cm³/mol. The van der Waals surface area contributed by atoms with E-state index in [2.05, 4.69) is 10.2 Å². The molecule has 0 spiro atoms. The van der Waals surface area contributed by atoms with Gasteiger partial charge in [-0.1, -0.05) is 6.07 Å². The van der Waals surface area contributed by atoms with Crippen LogP contribution in [0, 0.1) is 6.92 Å². The number of piperazine rings is 1. The third-order valence-corrected chi connectivity index (χ3v) is 4.99. The Morgan fingerprint density at radius 3 is 2.33 bits per heavy atom. The summed E-state index contributed by atoms with van der Waals surface area (Å²) >= 11 is 0. The Morgan fingerprint density at radius 2 is 1.70 bits per heavy atom. The minimum Gasteiger partial charge on any atom is -0.495 e. The highest BCUT2D eigenvalue weighted by Crippen LogP contribution is 2.27. The topological polar surface area (TPSA) is 87.9 Å². The van der Waals surface area contributed by atoms with Crippen molar-refractivity contribution in [2.45, 2.75) is 6.92 Å². The van der Waals surface area contributed by atoms with Crippen molar-refractivity contribution in [2.75, 3.05) is 51.4 Å². The van der Waals surface area contributed by atoms with Gasteiger partial charge in [0.2, 0.25) is 0 Å². The number of nitrogens with two attached hydrogens (primary N) is 1. The number of nitrogens with zero attached hydrogens (tertiary/aromatic N) is 2. The van der Waals surface area contributed by atoms with Crippen molar-refractivity contribution in [2.24, 2.45) is 0 Å². The van der Waals surface area contributed by atoms with Crippen LogP contribution < -0.4 is 15.8 Å². The fraction of sp³-hybridized carbons (Fsp3) is 0.333. The maximum Gasteiger partial charge on any atom is 0.256 e. The van der Waals surface area contributed by atoms with Crippen molar-refractivity contribution in [3.8, 4) is 5.75 Å². The molecule has 1 saturated heterocycles. The molecule has 0 unspecified atom stereocenters. The molecule has 30 heavy (non-hydrogen) atoms. The van der Waals surface area contributed by atoms with E-state index in [4.69, 9.17) is 10.5 Å². The summed E-state index contributed by atoms with van der Waals surface area (Å²) in [5.74, 6) is 0.142. The number of hydrogen-bond donors (Lipinski definition) is 2. The molecule has 1 aliphatic rings. The van der Waals surface area contributed by atoms with Gasteiger partial charge in [-0.25, -0.2) is 0 Å². The number of benzene rings is 2. The van der Waals surface area contributed by atoms with Gasteiger partial charge in [0.1, 0.15) is 5.75 Å². The van der Waals surface area contributed by atoms with Crippen LogP contribution >= 0.6 is 24.8 Å². The Bertz CT molecular complexity index is 900. The van der Waals surface area contributed by atoms with Crippen LogP contribution in [0.3, 0.4) is 0 Å². The summed E-state index contributed by atoms with van der Waals surface area (Å²) in [6.07, 6.45) is 0. The van der Waals surface area contributed by atoms with Gasteiger partial charge in [-0.05, 0) is 49.9 Å². The first-order valence-electron chi connectivity index (χ1n) is 9.22. The van der Waals surface area contributed by atoms with Crippen LogP contribution in [0.15, 0.2) is 36.4 Å². The van der Waals surface area contributed by atoms with E-state index in [1.807, 2.05) is 18.9 Å².